The molecule has 0 radical (unpaired) electrons. The predicted octanol–water partition coefficient (Wildman–Crippen LogP) is 0.878. The van der Waals surface area contributed by atoms with Crippen molar-refractivity contribution < 1.29 is 19.1 Å². The molecule has 0 spiro atoms. The van der Waals surface area contributed by atoms with Gasteiger partial charge in [-0.3, -0.25) is 9.59 Å². The van der Waals surface area contributed by atoms with E-state index in [1.807, 2.05) is 0 Å². The van der Waals surface area contributed by atoms with Crippen molar-refractivity contribution in [1.29, 1.82) is 0 Å². The third-order valence-electron chi connectivity index (χ3n) is 2.99. The molecule has 0 aliphatic heterocycles. The Morgan fingerprint density at radius 2 is 2.04 bits per heavy atom. The largest absolute Gasteiger partial charge is 0.484 e. The molecule has 2 amide bonds. The second kappa shape index (κ2) is 10.8. The molecule has 0 aromatic heterocycles. The monoisotopic (exact) mass is 345 g/mol. The number of benzene rings is 1. The van der Waals surface area contributed by atoms with Crippen molar-refractivity contribution in [2.24, 2.45) is 5.73 Å². The zero-order valence-electron chi connectivity index (χ0n) is 13.6. The minimum Gasteiger partial charge on any atom is -0.484 e. The molecule has 1 aromatic rings. The number of hydrogen-bond donors (Lipinski definition) is 2. The van der Waals surface area contributed by atoms with Gasteiger partial charge in [0.1, 0.15) is 5.75 Å². The van der Waals surface area contributed by atoms with E-state index in [9.17, 15) is 9.59 Å². The Bertz CT molecular complexity index is 507. The lowest BCUT2D eigenvalue weighted by atomic mass is 10.2. The van der Waals surface area contributed by atoms with E-state index in [1.54, 1.807) is 38.4 Å². The first-order chi connectivity index (χ1) is 10.5. The fraction of sp³-hybridized carbons (Fsp3) is 0.467. The van der Waals surface area contributed by atoms with Crippen LogP contribution in [0, 0.1) is 0 Å². The lowest BCUT2D eigenvalue weighted by Gasteiger charge is -2.14. The normalized spacial score (nSPS) is 11.1. The highest BCUT2D eigenvalue weighted by Crippen LogP contribution is 2.17. The SMILES string of the molecule is COC(CN)CC(=O)Nc1cccc(OCC(=O)N(C)C)c1.Cl. The molecule has 0 saturated carbocycles. The number of rotatable bonds is 8. The van der Waals surface area contributed by atoms with Gasteiger partial charge in [0.2, 0.25) is 5.91 Å². The summed E-state index contributed by atoms with van der Waals surface area (Å²) >= 11 is 0. The van der Waals surface area contributed by atoms with E-state index in [0.717, 1.165) is 0 Å². The molecule has 1 atom stereocenters. The average Bonchev–Trinajstić information content (AvgIpc) is 2.50. The van der Waals surface area contributed by atoms with E-state index >= 15 is 0 Å². The van der Waals surface area contributed by atoms with Crippen LogP contribution in [0.1, 0.15) is 6.42 Å². The van der Waals surface area contributed by atoms with Crippen molar-refractivity contribution in [1.82, 2.24) is 4.90 Å². The maximum absolute atomic E-state index is 11.9. The van der Waals surface area contributed by atoms with Gasteiger partial charge in [-0.05, 0) is 12.1 Å². The number of carbonyl (C=O) groups excluding carboxylic acids is 2. The Kier molecular flexibility index (Phi) is 9.96. The van der Waals surface area contributed by atoms with E-state index in [1.165, 1.54) is 12.0 Å². The molecule has 1 rings (SSSR count). The van der Waals surface area contributed by atoms with Crippen LogP contribution in [-0.4, -0.2) is 57.2 Å². The van der Waals surface area contributed by atoms with Gasteiger partial charge < -0.3 is 25.4 Å². The van der Waals surface area contributed by atoms with Crippen LogP contribution >= 0.6 is 12.4 Å². The van der Waals surface area contributed by atoms with Crippen LogP contribution in [-0.2, 0) is 14.3 Å². The molecule has 3 N–H and O–H groups in total. The number of carbonyl (C=O) groups is 2. The number of anilines is 1. The van der Waals surface area contributed by atoms with Crippen molar-refractivity contribution in [3.05, 3.63) is 24.3 Å². The molecule has 1 unspecified atom stereocenters. The van der Waals surface area contributed by atoms with Crippen LogP contribution in [0.15, 0.2) is 24.3 Å². The number of amides is 2. The van der Waals surface area contributed by atoms with Gasteiger partial charge >= 0.3 is 0 Å². The Hall–Kier alpha value is -1.83. The predicted molar refractivity (Wildman–Crippen MR) is 91.0 cm³/mol. The smallest absolute Gasteiger partial charge is 0.259 e. The molecule has 23 heavy (non-hydrogen) atoms. The second-order valence-corrected chi connectivity index (χ2v) is 4.95. The Balaban J connectivity index is 0.00000484. The minimum absolute atomic E-state index is 0. The summed E-state index contributed by atoms with van der Waals surface area (Å²) in [5.41, 5.74) is 6.07. The molecule has 0 saturated heterocycles. The van der Waals surface area contributed by atoms with E-state index < -0.39 is 0 Å². The first kappa shape index (κ1) is 21.2. The summed E-state index contributed by atoms with van der Waals surface area (Å²) < 4.78 is 10.5. The molecule has 130 valence electrons. The molecule has 0 aliphatic rings. The first-order valence-electron chi connectivity index (χ1n) is 6.92. The quantitative estimate of drug-likeness (QED) is 0.729. The van der Waals surface area contributed by atoms with Crippen molar-refractivity contribution in [3.8, 4) is 5.75 Å². The molecule has 8 heteroatoms. The molecular weight excluding hydrogens is 322 g/mol. The van der Waals surface area contributed by atoms with Gasteiger partial charge in [-0.1, -0.05) is 6.07 Å². The number of likely N-dealkylation sites (N-methyl/N-ethyl adjacent to an activating group) is 1. The fourth-order valence-electron chi connectivity index (χ4n) is 1.62. The molecule has 0 bridgehead atoms. The summed E-state index contributed by atoms with van der Waals surface area (Å²) in [5, 5.41) is 2.74. The summed E-state index contributed by atoms with van der Waals surface area (Å²) in [6.07, 6.45) is -0.130. The van der Waals surface area contributed by atoms with Crippen LogP contribution in [0.3, 0.4) is 0 Å². The van der Waals surface area contributed by atoms with Crippen molar-refractivity contribution in [3.63, 3.8) is 0 Å². The highest BCUT2D eigenvalue weighted by atomic mass is 35.5. The zero-order chi connectivity index (χ0) is 16.5. The lowest BCUT2D eigenvalue weighted by molar-refractivity contribution is -0.130. The van der Waals surface area contributed by atoms with Crippen LogP contribution in [0.5, 0.6) is 5.75 Å². The summed E-state index contributed by atoms with van der Waals surface area (Å²) in [4.78, 5) is 24.8. The van der Waals surface area contributed by atoms with Gasteiger partial charge in [0.05, 0.1) is 12.5 Å². The standard InChI is InChI=1S/C15H23N3O4.ClH/c1-18(2)15(20)10-22-12-6-4-5-11(7-12)17-14(19)8-13(9-16)21-3;/h4-7,13H,8-10,16H2,1-3H3,(H,17,19);1H. The van der Waals surface area contributed by atoms with Gasteiger partial charge in [-0.2, -0.15) is 0 Å². The van der Waals surface area contributed by atoms with Gasteiger partial charge in [0, 0.05) is 39.5 Å². The summed E-state index contributed by atoms with van der Waals surface area (Å²) in [7, 11) is 4.83. The third kappa shape index (κ3) is 7.83. The zero-order valence-corrected chi connectivity index (χ0v) is 14.4. The van der Waals surface area contributed by atoms with E-state index in [2.05, 4.69) is 5.32 Å². The van der Waals surface area contributed by atoms with Gasteiger partial charge in [0.15, 0.2) is 6.61 Å². The van der Waals surface area contributed by atoms with E-state index in [0.29, 0.717) is 11.4 Å². The second-order valence-electron chi connectivity index (χ2n) is 4.95. The number of methoxy groups -OCH3 is 1. The Morgan fingerprint density at radius 1 is 1.35 bits per heavy atom. The van der Waals surface area contributed by atoms with Gasteiger partial charge in [-0.25, -0.2) is 0 Å². The lowest BCUT2D eigenvalue weighted by Crippen LogP contribution is -2.28. The number of nitrogens with two attached hydrogens (primary N) is 1. The number of hydrogen-bond acceptors (Lipinski definition) is 5. The van der Waals surface area contributed by atoms with E-state index in [4.69, 9.17) is 15.2 Å². The number of nitrogens with zero attached hydrogens (tertiary/aromatic N) is 1. The number of nitrogens with one attached hydrogen (secondary N) is 1. The van der Waals surface area contributed by atoms with Crippen LogP contribution in [0.25, 0.3) is 0 Å². The minimum atomic E-state index is -0.308. The number of ether oxygens (including phenoxy) is 2. The molecular formula is C15H24ClN3O4. The summed E-state index contributed by atoms with van der Waals surface area (Å²) in [6.45, 7) is 0.225. The Morgan fingerprint density at radius 3 is 2.61 bits per heavy atom. The van der Waals surface area contributed by atoms with Crippen molar-refractivity contribution in [2.75, 3.05) is 39.7 Å². The van der Waals surface area contributed by atoms with Crippen LogP contribution in [0.2, 0.25) is 0 Å². The molecule has 7 nitrogen and oxygen atoms in total. The van der Waals surface area contributed by atoms with Crippen LogP contribution in [0.4, 0.5) is 5.69 Å². The van der Waals surface area contributed by atoms with Crippen molar-refractivity contribution in [2.45, 2.75) is 12.5 Å². The highest BCUT2D eigenvalue weighted by molar-refractivity contribution is 5.91. The number of halogens is 1. The average molecular weight is 346 g/mol. The first-order valence-corrected chi connectivity index (χ1v) is 6.92. The third-order valence-corrected chi connectivity index (χ3v) is 2.99. The molecule has 0 heterocycles. The van der Waals surface area contributed by atoms with Gasteiger partial charge in [0.25, 0.3) is 5.91 Å². The molecule has 0 fully saturated rings. The summed E-state index contributed by atoms with van der Waals surface area (Å²) in [6, 6.07) is 6.85. The maximum atomic E-state index is 11.9. The Labute approximate surface area is 142 Å². The molecule has 1 aromatic carbocycles. The molecule has 0 aliphatic carbocycles. The maximum Gasteiger partial charge on any atom is 0.259 e. The van der Waals surface area contributed by atoms with Gasteiger partial charge in [-0.15, -0.1) is 12.4 Å². The van der Waals surface area contributed by atoms with E-state index in [-0.39, 0.29) is 49.9 Å². The summed E-state index contributed by atoms with van der Waals surface area (Å²) in [5.74, 6) is 0.175. The topological polar surface area (TPSA) is 93.9 Å². The van der Waals surface area contributed by atoms with Crippen molar-refractivity contribution >= 4 is 29.9 Å². The van der Waals surface area contributed by atoms with Crippen LogP contribution < -0.4 is 15.8 Å². The fourth-order valence-corrected chi connectivity index (χ4v) is 1.62. The highest BCUT2D eigenvalue weighted by Gasteiger charge is 2.12.